The monoisotopic (exact) mass is 296 g/mol. The molecule has 0 aliphatic carbocycles. The molecule has 0 unspecified atom stereocenters. The van der Waals surface area contributed by atoms with E-state index in [1.807, 2.05) is 0 Å². The summed E-state index contributed by atoms with van der Waals surface area (Å²) in [5.41, 5.74) is 5.63. The number of aliphatic carboxylic acids is 1. The van der Waals surface area contributed by atoms with E-state index in [-0.39, 0.29) is 0 Å². The highest BCUT2D eigenvalue weighted by atomic mass is 35.5. The Balaban J connectivity index is 2.63. The molecule has 20 heavy (non-hydrogen) atoms. The van der Waals surface area contributed by atoms with E-state index in [9.17, 15) is 14.4 Å². The number of nitrogens with one attached hydrogen (secondary N) is 1. The van der Waals surface area contributed by atoms with Crippen molar-refractivity contribution >= 4 is 35.5 Å². The molecular formula is C13H13ClN2O4. The van der Waals surface area contributed by atoms with Gasteiger partial charge in [-0.3, -0.25) is 9.59 Å². The van der Waals surface area contributed by atoms with E-state index in [2.05, 4.69) is 5.32 Å². The highest BCUT2D eigenvalue weighted by molar-refractivity contribution is 6.30. The molecule has 4 N–H and O–H groups in total. The van der Waals surface area contributed by atoms with Gasteiger partial charge < -0.3 is 16.2 Å². The number of hydrogen-bond acceptors (Lipinski definition) is 3. The van der Waals surface area contributed by atoms with Gasteiger partial charge in [-0.1, -0.05) is 23.7 Å². The van der Waals surface area contributed by atoms with Gasteiger partial charge in [0.1, 0.15) is 6.04 Å². The summed E-state index contributed by atoms with van der Waals surface area (Å²) >= 11 is 5.71. The van der Waals surface area contributed by atoms with Crippen molar-refractivity contribution < 1.29 is 19.5 Å². The van der Waals surface area contributed by atoms with Crippen LogP contribution in [-0.2, 0) is 14.4 Å². The second kappa shape index (κ2) is 7.30. The van der Waals surface area contributed by atoms with Gasteiger partial charge in [-0.15, -0.1) is 0 Å². The van der Waals surface area contributed by atoms with Gasteiger partial charge >= 0.3 is 5.97 Å². The van der Waals surface area contributed by atoms with Crippen LogP contribution in [0.4, 0.5) is 0 Å². The van der Waals surface area contributed by atoms with Gasteiger partial charge in [0.05, 0.1) is 6.42 Å². The zero-order valence-electron chi connectivity index (χ0n) is 10.4. The van der Waals surface area contributed by atoms with E-state index in [0.29, 0.717) is 5.02 Å². The molecule has 0 heterocycles. The summed E-state index contributed by atoms with van der Waals surface area (Å²) in [5.74, 6) is -2.76. The number of nitrogens with two attached hydrogens (primary N) is 1. The van der Waals surface area contributed by atoms with Crippen LogP contribution in [-0.4, -0.2) is 28.9 Å². The molecule has 1 aromatic rings. The normalized spacial score (nSPS) is 12.1. The third-order valence-corrected chi connectivity index (χ3v) is 2.57. The third kappa shape index (κ3) is 5.53. The standard InChI is InChI=1S/C13H13ClN2O4/c14-9-4-1-8(2-5-9)3-6-12(18)16-10(13(19)20)7-11(15)17/h1-6,10H,7H2,(H2,15,17)(H,16,18)(H,19,20)/b6-3+/t10-/m1/s1. The maximum absolute atomic E-state index is 11.5. The Morgan fingerprint density at radius 1 is 1.30 bits per heavy atom. The lowest BCUT2D eigenvalue weighted by molar-refractivity contribution is -0.142. The number of benzene rings is 1. The van der Waals surface area contributed by atoms with Crippen molar-refractivity contribution in [3.8, 4) is 0 Å². The molecule has 106 valence electrons. The van der Waals surface area contributed by atoms with Gasteiger partial charge in [0.2, 0.25) is 11.8 Å². The fourth-order valence-corrected chi connectivity index (χ4v) is 1.49. The van der Waals surface area contributed by atoms with Gasteiger partial charge in [-0.05, 0) is 23.8 Å². The molecule has 6 nitrogen and oxygen atoms in total. The van der Waals surface area contributed by atoms with Gasteiger partial charge in [0.15, 0.2) is 0 Å². The topological polar surface area (TPSA) is 109 Å². The lowest BCUT2D eigenvalue weighted by Gasteiger charge is -2.10. The Bertz CT molecular complexity index is 540. The minimum atomic E-state index is -1.34. The first kappa shape index (κ1) is 15.7. The van der Waals surface area contributed by atoms with E-state index < -0.39 is 30.2 Å². The second-order valence-electron chi connectivity index (χ2n) is 3.95. The lowest BCUT2D eigenvalue weighted by atomic mass is 10.2. The Hall–Kier alpha value is -2.34. The molecule has 0 spiro atoms. The number of primary amides is 1. The number of carboxylic acids is 1. The Morgan fingerprint density at radius 2 is 1.90 bits per heavy atom. The van der Waals surface area contributed by atoms with Crippen molar-refractivity contribution in [2.75, 3.05) is 0 Å². The summed E-state index contributed by atoms with van der Waals surface area (Å²) in [6.07, 6.45) is 2.20. The molecule has 0 saturated heterocycles. The van der Waals surface area contributed by atoms with Crippen LogP contribution in [0.1, 0.15) is 12.0 Å². The molecule has 0 aliphatic rings. The summed E-state index contributed by atoms with van der Waals surface area (Å²) < 4.78 is 0. The van der Waals surface area contributed by atoms with E-state index in [4.69, 9.17) is 22.4 Å². The van der Waals surface area contributed by atoms with Gasteiger partial charge in [-0.2, -0.15) is 0 Å². The molecular weight excluding hydrogens is 284 g/mol. The number of carbonyl (C=O) groups is 3. The van der Waals surface area contributed by atoms with E-state index in [1.165, 1.54) is 12.2 Å². The molecule has 7 heteroatoms. The number of rotatable bonds is 6. The molecule has 1 rings (SSSR count). The Morgan fingerprint density at radius 3 is 2.40 bits per heavy atom. The third-order valence-electron chi connectivity index (χ3n) is 2.32. The minimum Gasteiger partial charge on any atom is -0.480 e. The summed E-state index contributed by atoms with van der Waals surface area (Å²) in [6.45, 7) is 0. The van der Waals surface area contributed by atoms with Crippen LogP contribution < -0.4 is 11.1 Å². The Kier molecular flexibility index (Phi) is 5.74. The number of amides is 2. The van der Waals surface area contributed by atoms with Gasteiger partial charge in [-0.25, -0.2) is 4.79 Å². The summed E-state index contributed by atoms with van der Waals surface area (Å²) in [4.78, 5) is 33.0. The van der Waals surface area contributed by atoms with Crippen LogP contribution in [0.25, 0.3) is 6.08 Å². The number of hydrogen-bond donors (Lipinski definition) is 3. The maximum Gasteiger partial charge on any atom is 0.326 e. The average molecular weight is 297 g/mol. The first-order chi connectivity index (χ1) is 9.38. The van der Waals surface area contributed by atoms with Crippen molar-refractivity contribution in [3.05, 3.63) is 40.9 Å². The zero-order valence-corrected chi connectivity index (χ0v) is 11.1. The van der Waals surface area contributed by atoms with Crippen LogP contribution in [0.15, 0.2) is 30.3 Å². The summed E-state index contributed by atoms with van der Waals surface area (Å²) in [6, 6.07) is 5.38. The largest absolute Gasteiger partial charge is 0.480 e. The Labute approximate surface area is 120 Å². The number of carbonyl (C=O) groups excluding carboxylic acids is 2. The van der Waals surface area contributed by atoms with Crippen molar-refractivity contribution in [3.63, 3.8) is 0 Å². The van der Waals surface area contributed by atoms with Crippen molar-refractivity contribution in [1.82, 2.24) is 5.32 Å². The highest BCUT2D eigenvalue weighted by Crippen LogP contribution is 2.10. The lowest BCUT2D eigenvalue weighted by Crippen LogP contribution is -2.42. The van der Waals surface area contributed by atoms with E-state index >= 15 is 0 Å². The molecule has 0 radical (unpaired) electrons. The molecule has 0 aromatic heterocycles. The van der Waals surface area contributed by atoms with Crippen LogP contribution in [0.3, 0.4) is 0 Å². The van der Waals surface area contributed by atoms with Crippen LogP contribution in [0.2, 0.25) is 5.02 Å². The van der Waals surface area contributed by atoms with Crippen LogP contribution in [0.5, 0.6) is 0 Å². The van der Waals surface area contributed by atoms with Gasteiger partial charge in [0.25, 0.3) is 0 Å². The predicted octanol–water partition coefficient (Wildman–Crippen LogP) is 0.798. The zero-order chi connectivity index (χ0) is 15.1. The smallest absolute Gasteiger partial charge is 0.326 e. The first-order valence-electron chi connectivity index (χ1n) is 5.63. The second-order valence-corrected chi connectivity index (χ2v) is 4.39. The number of carboxylic acid groups (broad SMARTS) is 1. The predicted molar refractivity (Wildman–Crippen MR) is 73.9 cm³/mol. The molecule has 0 bridgehead atoms. The summed E-state index contributed by atoms with van der Waals surface area (Å²) in [5, 5.41) is 11.6. The highest BCUT2D eigenvalue weighted by Gasteiger charge is 2.20. The van der Waals surface area contributed by atoms with Crippen molar-refractivity contribution in [1.29, 1.82) is 0 Å². The quantitative estimate of drug-likeness (QED) is 0.674. The summed E-state index contributed by atoms with van der Waals surface area (Å²) in [7, 11) is 0. The molecule has 1 atom stereocenters. The fraction of sp³-hybridized carbons (Fsp3) is 0.154. The van der Waals surface area contributed by atoms with E-state index in [1.54, 1.807) is 24.3 Å². The van der Waals surface area contributed by atoms with Crippen LogP contribution in [0, 0.1) is 0 Å². The van der Waals surface area contributed by atoms with Crippen molar-refractivity contribution in [2.24, 2.45) is 5.73 Å². The number of halogens is 1. The first-order valence-corrected chi connectivity index (χ1v) is 6.01. The van der Waals surface area contributed by atoms with Crippen LogP contribution >= 0.6 is 11.6 Å². The average Bonchev–Trinajstić information content (AvgIpc) is 2.36. The molecule has 0 saturated carbocycles. The molecule has 0 aliphatic heterocycles. The fourth-order valence-electron chi connectivity index (χ4n) is 1.37. The SMILES string of the molecule is NC(=O)C[C@@H](NC(=O)/C=C/c1ccc(Cl)cc1)C(=O)O. The molecule has 0 fully saturated rings. The molecule has 2 amide bonds. The van der Waals surface area contributed by atoms with E-state index in [0.717, 1.165) is 5.56 Å². The molecule has 1 aromatic carbocycles. The van der Waals surface area contributed by atoms with Crippen molar-refractivity contribution in [2.45, 2.75) is 12.5 Å². The minimum absolute atomic E-state index is 0.462. The maximum atomic E-state index is 11.5. The van der Waals surface area contributed by atoms with Gasteiger partial charge in [0, 0.05) is 11.1 Å².